The number of ether oxygens (including phenoxy) is 2. The second kappa shape index (κ2) is 11.3. The highest BCUT2D eigenvalue weighted by Crippen LogP contribution is 2.40. The molecule has 12 heteroatoms. The van der Waals surface area contributed by atoms with E-state index in [1.54, 1.807) is 42.7 Å². The number of nitrogens with one attached hydrogen (secondary N) is 1. The van der Waals surface area contributed by atoms with E-state index in [0.29, 0.717) is 36.7 Å². The number of hydrogen-bond donors (Lipinski definition) is 2. The number of rotatable bonds is 6. The third-order valence-corrected chi connectivity index (χ3v) is 8.50. The molecule has 3 N–H and O–H groups in total. The maximum atomic E-state index is 15.1. The van der Waals surface area contributed by atoms with E-state index in [1.807, 2.05) is 6.07 Å². The van der Waals surface area contributed by atoms with Gasteiger partial charge in [-0.25, -0.2) is 18.6 Å². The molecule has 6 rings (SSSR count). The Labute approximate surface area is 241 Å². The average molecular weight is 578 g/mol. The Bertz CT molecular complexity index is 1590. The molecular weight excluding hydrogens is 544 g/mol. The summed E-state index contributed by atoms with van der Waals surface area (Å²) in [5.74, 6) is -0.758. The minimum absolute atomic E-state index is 0.00189. The van der Waals surface area contributed by atoms with Crippen molar-refractivity contribution in [2.75, 3.05) is 32.7 Å². The second-order valence-electron chi connectivity index (χ2n) is 11.2. The molecule has 4 heterocycles. The van der Waals surface area contributed by atoms with Gasteiger partial charge in [0.15, 0.2) is 0 Å². The van der Waals surface area contributed by atoms with E-state index < -0.39 is 17.7 Å². The number of pyridine rings is 1. The van der Waals surface area contributed by atoms with Gasteiger partial charge >= 0.3 is 6.09 Å². The van der Waals surface area contributed by atoms with E-state index in [2.05, 4.69) is 27.3 Å². The summed E-state index contributed by atoms with van der Waals surface area (Å²) in [5.41, 5.74) is 9.52. The van der Waals surface area contributed by atoms with E-state index in [9.17, 15) is 4.79 Å². The Morgan fingerprint density at radius 3 is 2.57 bits per heavy atom. The molecule has 220 valence electrons. The molecule has 1 aromatic carbocycles. The van der Waals surface area contributed by atoms with Crippen molar-refractivity contribution < 1.29 is 23.0 Å². The summed E-state index contributed by atoms with van der Waals surface area (Å²) >= 11 is 0. The number of amides is 1. The van der Waals surface area contributed by atoms with Gasteiger partial charge in [-0.05, 0) is 66.1 Å². The Morgan fingerprint density at radius 2 is 1.90 bits per heavy atom. The van der Waals surface area contributed by atoms with Gasteiger partial charge in [-0.2, -0.15) is 9.61 Å². The summed E-state index contributed by atoms with van der Waals surface area (Å²) < 4.78 is 41.9. The first-order chi connectivity index (χ1) is 20.2. The van der Waals surface area contributed by atoms with Crippen LogP contribution in [-0.2, 0) is 9.47 Å². The Kier molecular flexibility index (Phi) is 7.50. The number of aromatic nitrogens is 4. The van der Waals surface area contributed by atoms with Crippen LogP contribution in [0.25, 0.3) is 16.8 Å². The molecule has 42 heavy (non-hydrogen) atoms. The second-order valence-corrected chi connectivity index (χ2v) is 11.2. The highest BCUT2D eigenvalue weighted by molar-refractivity contribution is 5.68. The Balaban J connectivity index is 1.28. The number of carbonyl (C=O) groups is 1. The van der Waals surface area contributed by atoms with Crippen LogP contribution >= 0.6 is 0 Å². The zero-order valence-electron chi connectivity index (χ0n) is 23.6. The van der Waals surface area contributed by atoms with E-state index in [-0.39, 0.29) is 41.1 Å². The molecule has 4 unspecified atom stereocenters. The average Bonchev–Trinajstić information content (AvgIpc) is 3.33. The Hall–Kier alpha value is -4.16. The number of fused-ring (bicyclic) bond motifs is 1. The van der Waals surface area contributed by atoms with Gasteiger partial charge in [-0.1, -0.05) is 6.92 Å². The largest absolute Gasteiger partial charge is 0.453 e. The predicted molar refractivity (Wildman–Crippen MR) is 152 cm³/mol. The molecular formula is C30H33F2N7O3. The number of benzene rings is 1. The van der Waals surface area contributed by atoms with Crippen LogP contribution in [0, 0.1) is 17.6 Å². The van der Waals surface area contributed by atoms with Crippen LogP contribution in [0.4, 0.5) is 25.2 Å². The number of carbonyl (C=O) groups excluding carboxylic acids is 1. The van der Waals surface area contributed by atoms with Crippen molar-refractivity contribution in [2.45, 2.75) is 43.7 Å². The monoisotopic (exact) mass is 577 g/mol. The maximum Gasteiger partial charge on any atom is 0.409 e. The molecule has 1 amide bonds. The molecule has 1 saturated heterocycles. The summed E-state index contributed by atoms with van der Waals surface area (Å²) in [6, 6.07) is 7.56. The molecule has 2 aliphatic rings. The number of hydrogen-bond acceptors (Lipinski definition) is 8. The van der Waals surface area contributed by atoms with Crippen LogP contribution < -0.4 is 11.1 Å². The molecule has 1 aliphatic heterocycles. The summed E-state index contributed by atoms with van der Waals surface area (Å²) in [6.07, 6.45) is 6.12. The highest BCUT2D eigenvalue weighted by atomic mass is 19.1. The number of nitrogens with zero attached hydrogens (tertiary/aromatic N) is 5. The lowest BCUT2D eigenvalue weighted by molar-refractivity contribution is 0.00822. The highest BCUT2D eigenvalue weighted by Gasteiger charge is 2.39. The van der Waals surface area contributed by atoms with Gasteiger partial charge in [0.05, 0.1) is 61.2 Å². The van der Waals surface area contributed by atoms with Gasteiger partial charge < -0.3 is 25.4 Å². The first kappa shape index (κ1) is 28.0. The van der Waals surface area contributed by atoms with Gasteiger partial charge in [0, 0.05) is 25.2 Å². The van der Waals surface area contributed by atoms with Crippen LogP contribution in [0.5, 0.6) is 0 Å². The fourth-order valence-electron chi connectivity index (χ4n) is 6.35. The molecule has 3 aromatic heterocycles. The van der Waals surface area contributed by atoms with Crippen molar-refractivity contribution in [3.05, 3.63) is 71.7 Å². The van der Waals surface area contributed by atoms with Crippen LogP contribution in [0.1, 0.15) is 42.7 Å². The number of anilines is 2. The van der Waals surface area contributed by atoms with E-state index in [1.165, 1.54) is 23.8 Å². The Morgan fingerprint density at radius 1 is 1.14 bits per heavy atom. The fraction of sp³-hybridized carbons (Fsp3) is 0.400. The van der Waals surface area contributed by atoms with Gasteiger partial charge in [0.2, 0.25) is 5.95 Å². The molecule has 4 aromatic rings. The fourth-order valence-corrected chi connectivity index (χ4v) is 6.35. The van der Waals surface area contributed by atoms with Crippen molar-refractivity contribution in [3.8, 4) is 11.3 Å². The van der Waals surface area contributed by atoms with Crippen LogP contribution in [0.15, 0.2) is 48.9 Å². The van der Waals surface area contributed by atoms with Crippen molar-refractivity contribution >= 4 is 23.2 Å². The van der Waals surface area contributed by atoms with Crippen molar-refractivity contribution in [2.24, 2.45) is 11.7 Å². The van der Waals surface area contributed by atoms with Crippen molar-refractivity contribution in [1.82, 2.24) is 24.5 Å². The standard InChI is InChI=1S/C30H33F2N7O3/c1-16-8-18(11-24(33)28(16)38(2)30(40)41-3)21-6-7-34-13-26(21)36-29-35-12-20-4-5-25(37-39(20)29)27-22(31)9-17(10-23(27)32)19-14-42-15-19/h4-7,9-10,12-13,16,18-19,24,28H,8,11,14-15,33H2,1-3H3,(H,35,36). The molecule has 4 atom stereocenters. The summed E-state index contributed by atoms with van der Waals surface area (Å²) in [6.45, 7) is 3.00. The quantitative estimate of drug-likeness (QED) is 0.334. The molecule has 2 fully saturated rings. The van der Waals surface area contributed by atoms with E-state index >= 15 is 8.78 Å². The predicted octanol–water partition coefficient (Wildman–Crippen LogP) is 4.83. The smallest absolute Gasteiger partial charge is 0.409 e. The van der Waals surface area contributed by atoms with Gasteiger partial charge in [0.25, 0.3) is 0 Å². The lowest BCUT2D eigenvalue weighted by Crippen LogP contribution is -2.55. The topological polar surface area (TPSA) is 120 Å². The van der Waals surface area contributed by atoms with Crippen molar-refractivity contribution in [1.29, 1.82) is 0 Å². The van der Waals surface area contributed by atoms with Gasteiger partial charge in [0.1, 0.15) is 11.6 Å². The minimum atomic E-state index is -0.674. The van der Waals surface area contributed by atoms with E-state index in [0.717, 1.165) is 17.7 Å². The van der Waals surface area contributed by atoms with Crippen LogP contribution in [-0.4, -0.2) is 70.0 Å². The number of methoxy groups -OCH3 is 1. The van der Waals surface area contributed by atoms with Crippen molar-refractivity contribution in [3.63, 3.8) is 0 Å². The zero-order valence-corrected chi connectivity index (χ0v) is 23.6. The lowest BCUT2D eigenvalue weighted by atomic mass is 9.73. The third kappa shape index (κ3) is 5.05. The molecule has 1 aliphatic carbocycles. The molecule has 0 spiro atoms. The van der Waals surface area contributed by atoms with Gasteiger partial charge in [-0.15, -0.1) is 0 Å². The van der Waals surface area contributed by atoms with Crippen LogP contribution in [0.3, 0.4) is 0 Å². The number of halogens is 2. The molecule has 1 saturated carbocycles. The summed E-state index contributed by atoms with van der Waals surface area (Å²) in [7, 11) is 3.08. The minimum Gasteiger partial charge on any atom is -0.453 e. The molecule has 0 radical (unpaired) electrons. The lowest BCUT2D eigenvalue weighted by Gasteiger charge is -2.43. The SMILES string of the molecule is COC(=O)N(C)C1C(C)CC(c2ccncc2Nc2ncc3ccc(-c4c(F)cc(C5COC5)cc4F)nn23)CC1N. The number of likely N-dealkylation sites (N-methyl/N-ethyl adjacent to an activating group) is 1. The zero-order chi connectivity index (χ0) is 29.5. The van der Waals surface area contributed by atoms with Gasteiger partial charge in [-0.3, -0.25) is 4.98 Å². The van der Waals surface area contributed by atoms with E-state index in [4.69, 9.17) is 15.2 Å². The number of nitrogens with two attached hydrogens (primary N) is 1. The summed E-state index contributed by atoms with van der Waals surface area (Å²) in [4.78, 5) is 22.5. The number of imidazole rings is 1. The molecule has 0 bridgehead atoms. The maximum absolute atomic E-state index is 15.1. The first-order valence-electron chi connectivity index (χ1n) is 13.9. The van der Waals surface area contributed by atoms with Crippen LogP contribution in [0.2, 0.25) is 0 Å². The summed E-state index contributed by atoms with van der Waals surface area (Å²) in [5, 5.41) is 7.88. The normalized spacial score (nSPS) is 22.5. The molecule has 10 nitrogen and oxygen atoms in total. The third-order valence-electron chi connectivity index (χ3n) is 8.50. The first-order valence-corrected chi connectivity index (χ1v) is 13.9.